The maximum absolute atomic E-state index is 10.4. The van der Waals surface area contributed by atoms with Gasteiger partial charge in [0.2, 0.25) is 6.29 Å². The lowest BCUT2D eigenvalue weighted by atomic mass is 10.0. The molecule has 1 aromatic rings. The Morgan fingerprint density at radius 2 is 2.17 bits per heavy atom. The van der Waals surface area contributed by atoms with Gasteiger partial charge in [-0.3, -0.25) is 4.79 Å². The predicted molar refractivity (Wildman–Crippen MR) is 48.4 cm³/mol. The second-order valence-corrected chi connectivity index (χ2v) is 2.45. The highest BCUT2D eigenvalue weighted by Gasteiger charge is 2.05. The van der Waals surface area contributed by atoms with E-state index < -0.39 is 0 Å². The van der Waals surface area contributed by atoms with Crippen molar-refractivity contribution in [3.63, 3.8) is 0 Å². The SMILES string of the molecule is C=CC(N)c1ccccc1[C]=O. The molecule has 0 aliphatic rings. The Morgan fingerprint density at radius 1 is 1.50 bits per heavy atom. The minimum atomic E-state index is -0.289. The van der Waals surface area contributed by atoms with Crippen LogP contribution in [-0.2, 0) is 4.79 Å². The van der Waals surface area contributed by atoms with Gasteiger partial charge in [0.15, 0.2) is 0 Å². The third-order valence-corrected chi connectivity index (χ3v) is 1.68. The monoisotopic (exact) mass is 160 g/mol. The first-order valence-corrected chi connectivity index (χ1v) is 3.65. The molecule has 61 valence electrons. The molecule has 12 heavy (non-hydrogen) atoms. The van der Waals surface area contributed by atoms with Gasteiger partial charge in [-0.2, -0.15) is 0 Å². The second kappa shape index (κ2) is 3.83. The zero-order valence-corrected chi connectivity index (χ0v) is 6.66. The van der Waals surface area contributed by atoms with Crippen molar-refractivity contribution in [1.29, 1.82) is 0 Å². The maximum atomic E-state index is 10.4. The molecule has 0 saturated carbocycles. The number of rotatable bonds is 3. The first-order chi connectivity index (χ1) is 5.79. The van der Waals surface area contributed by atoms with Crippen LogP contribution in [0.1, 0.15) is 17.2 Å². The molecule has 1 radical (unpaired) electrons. The molecule has 0 aliphatic heterocycles. The van der Waals surface area contributed by atoms with Crippen molar-refractivity contribution in [3.8, 4) is 0 Å². The van der Waals surface area contributed by atoms with Crippen molar-refractivity contribution in [3.05, 3.63) is 48.0 Å². The van der Waals surface area contributed by atoms with Crippen molar-refractivity contribution >= 4 is 6.29 Å². The van der Waals surface area contributed by atoms with E-state index in [2.05, 4.69) is 6.58 Å². The summed E-state index contributed by atoms with van der Waals surface area (Å²) in [7, 11) is 0. The van der Waals surface area contributed by atoms with E-state index in [9.17, 15) is 4.79 Å². The molecule has 0 spiro atoms. The quantitative estimate of drug-likeness (QED) is 0.678. The zero-order valence-electron chi connectivity index (χ0n) is 6.66. The van der Waals surface area contributed by atoms with Crippen molar-refractivity contribution in [2.75, 3.05) is 0 Å². The van der Waals surface area contributed by atoms with Crippen molar-refractivity contribution < 1.29 is 4.79 Å². The molecule has 0 amide bonds. The maximum Gasteiger partial charge on any atom is 0.233 e. The third kappa shape index (κ3) is 1.60. The summed E-state index contributed by atoms with van der Waals surface area (Å²) in [5, 5.41) is 0. The van der Waals surface area contributed by atoms with Crippen molar-refractivity contribution in [2.45, 2.75) is 6.04 Å². The molecule has 0 heterocycles. The first-order valence-electron chi connectivity index (χ1n) is 3.65. The highest BCUT2D eigenvalue weighted by atomic mass is 16.1. The van der Waals surface area contributed by atoms with Gasteiger partial charge in [0, 0.05) is 11.6 Å². The van der Waals surface area contributed by atoms with Crippen LogP contribution < -0.4 is 5.73 Å². The van der Waals surface area contributed by atoms with Gasteiger partial charge in [0.1, 0.15) is 0 Å². The van der Waals surface area contributed by atoms with Crippen LogP contribution in [0.15, 0.2) is 36.9 Å². The van der Waals surface area contributed by atoms with Crippen LogP contribution in [-0.4, -0.2) is 6.29 Å². The van der Waals surface area contributed by atoms with E-state index >= 15 is 0 Å². The Hall–Kier alpha value is -1.41. The standard InChI is InChI=1S/C10H10NO/c1-2-10(11)9-6-4-3-5-8(9)7-12/h2-6,10H,1,11H2. The fourth-order valence-corrected chi connectivity index (χ4v) is 1.01. The number of hydrogen-bond acceptors (Lipinski definition) is 2. The van der Waals surface area contributed by atoms with Gasteiger partial charge >= 0.3 is 0 Å². The average molecular weight is 160 g/mol. The van der Waals surface area contributed by atoms with Gasteiger partial charge in [0.05, 0.1) is 0 Å². The highest BCUT2D eigenvalue weighted by molar-refractivity contribution is 5.78. The Labute approximate surface area is 71.7 Å². The summed E-state index contributed by atoms with van der Waals surface area (Å²) in [5.74, 6) is 0. The van der Waals surface area contributed by atoms with E-state index in [1.165, 1.54) is 0 Å². The van der Waals surface area contributed by atoms with Crippen LogP contribution in [0.5, 0.6) is 0 Å². The molecule has 2 N–H and O–H groups in total. The van der Waals surface area contributed by atoms with Gasteiger partial charge in [-0.1, -0.05) is 30.3 Å². The number of carbonyl (C=O) groups excluding carboxylic acids is 1. The second-order valence-electron chi connectivity index (χ2n) is 2.45. The average Bonchev–Trinajstić information content (AvgIpc) is 2.16. The summed E-state index contributed by atoms with van der Waals surface area (Å²) in [6, 6.07) is 6.81. The first kappa shape index (κ1) is 8.68. The number of hydrogen-bond donors (Lipinski definition) is 1. The lowest BCUT2D eigenvalue weighted by molar-refractivity contribution is 0.562. The van der Waals surface area contributed by atoms with Gasteiger partial charge < -0.3 is 5.73 Å². The number of benzene rings is 1. The lowest BCUT2D eigenvalue weighted by Gasteiger charge is -2.07. The van der Waals surface area contributed by atoms with Crippen LogP contribution in [0.4, 0.5) is 0 Å². The molecule has 2 heteroatoms. The van der Waals surface area contributed by atoms with Crippen LogP contribution in [0.25, 0.3) is 0 Å². The molecular weight excluding hydrogens is 150 g/mol. The molecule has 1 rings (SSSR count). The lowest BCUT2D eigenvalue weighted by Crippen LogP contribution is -2.08. The van der Waals surface area contributed by atoms with Gasteiger partial charge in [-0.05, 0) is 5.56 Å². The van der Waals surface area contributed by atoms with Gasteiger partial charge in [0.25, 0.3) is 0 Å². The van der Waals surface area contributed by atoms with E-state index in [0.29, 0.717) is 5.56 Å². The minimum Gasteiger partial charge on any atom is -0.321 e. The number of nitrogens with two attached hydrogens (primary N) is 1. The summed E-state index contributed by atoms with van der Waals surface area (Å²) in [6.07, 6.45) is 3.43. The summed E-state index contributed by atoms with van der Waals surface area (Å²) < 4.78 is 0. The Morgan fingerprint density at radius 3 is 2.75 bits per heavy atom. The van der Waals surface area contributed by atoms with Crippen LogP contribution in [0.2, 0.25) is 0 Å². The smallest absolute Gasteiger partial charge is 0.233 e. The molecule has 2 nitrogen and oxygen atoms in total. The van der Waals surface area contributed by atoms with Gasteiger partial charge in [-0.25, -0.2) is 0 Å². The Kier molecular flexibility index (Phi) is 2.77. The van der Waals surface area contributed by atoms with Gasteiger partial charge in [-0.15, -0.1) is 6.58 Å². The summed E-state index contributed by atoms with van der Waals surface area (Å²) in [6.45, 7) is 3.56. The molecular formula is C10H10NO. The fourth-order valence-electron chi connectivity index (χ4n) is 1.01. The van der Waals surface area contributed by atoms with Crippen molar-refractivity contribution in [1.82, 2.24) is 0 Å². The normalized spacial score (nSPS) is 12.1. The molecule has 0 bridgehead atoms. The Bertz CT molecular complexity index is 294. The highest BCUT2D eigenvalue weighted by Crippen LogP contribution is 2.14. The molecule has 0 aliphatic carbocycles. The topological polar surface area (TPSA) is 43.1 Å². The molecule has 0 aromatic heterocycles. The summed E-state index contributed by atoms with van der Waals surface area (Å²) in [4.78, 5) is 10.4. The van der Waals surface area contributed by atoms with E-state index in [-0.39, 0.29) is 6.04 Å². The molecule has 1 aromatic carbocycles. The van der Waals surface area contributed by atoms with E-state index in [4.69, 9.17) is 5.73 Å². The van der Waals surface area contributed by atoms with Crippen LogP contribution in [0.3, 0.4) is 0 Å². The van der Waals surface area contributed by atoms with E-state index in [0.717, 1.165) is 5.56 Å². The summed E-state index contributed by atoms with van der Waals surface area (Å²) >= 11 is 0. The molecule has 1 unspecified atom stereocenters. The molecule has 0 saturated heterocycles. The predicted octanol–water partition coefficient (Wildman–Crippen LogP) is 1.33. The largest absolute Gasteiger partial charge is 0.321 e. The third-order valence-electron chi connectivity index (χ3n) is 1.68. The minimum absolute atomic E-state index is 0.289. The van der Waals surface area contributed by atoms with E-state index in [1.807, 2.05) is 12.4 Å². The fraction of sp³-hybridized carbons (Fsp3) is 0.100. The molecule has 1 atom stereocenters. The van der Waals surface area contributed by atoms with Crippen LogP contribution in [0, 0.1) is 0 Å². The van der Waals surface area contributed by atoms with E-state index in [1.54, 1.807) is 24.3 Å². The van der Waals surface area contributed by atoms with Crippen LogP contribution >= 0.6 is 0 Å². The molecule has 0 fully saturated rings. The Balaban J connectivity index is 3.12. The zero-order chi connectivity index (χ0) is 8.97. The summed E-state index contributed by atoms with van der Waals surface area (Å²) in [5.41, 5.74) is 6.94. The van der Waals surface area contributed by atoms with Crippen molar-refractivity contribution in [2.24, 2.45) is 5.73 Å².